The van der Waals surface area contributed by atoms with Gasteiger partial charge >= 0.3 is 5.97 Å². The fraction of sp³-hybridized carbons (Fsp3) is 0.615. The van der Waals surface area contributed by atoms with Crippen molar-refractivity contribution < 1.29 is 19.5 Å². The largest absolute Gasteiger partial charge is 0.480 e. The molecule has 0 saturated heterocycles. The molecule has 0 aromatic carbocycles. The minimum atomic E-state index is -1.03. The Hall–Kier alpha value is -1.50. The molecular formula is C13H20N2O4S. The SMILES string of the molecule is CN(CC(=O)O)C(=O)CN(C)C1=C(SC=O)CCCC1. The molecule has 112 valence electrons. The summed E-state index contributed by atoms with van der Waals surface area (Å²) in [4.78, 5) is 37.2. The van der Waals surface area contributed by atoms with Crippen LogP contribution < -0.4 is 0 Å². The predicted molar refractivity (Wildman–Crippen MR) is 77.7 cm³/mol. The number of rotatable bonds is 7. The van der Waals surface area contributed by atoms with Gasteiger partial charge in [0.15, 0.2) is 5.62 Å². The van der Waals surface area contributed by atoms with E-state index in [1.807, 2.05) is 4.90 Å². The molecule has 0 heterocycles. The highest BCUT2D eigenvalue weighted by Gasteiger charge is 2.20. The summed E-state index contributed by atoms with van der Waals surface area (Å²) < 4.78 is 0. The highest BCUT2D eigenvalue weighted by atomic mass is 32.2. The molecule has 0 aromatic rings. The van der Waals surface area contributed by atoms with Gasteiger partial charge in [0.2, 0.25) is 5.91 Å². The van der Waals surface area contributed by atoms with Gasteiger partial charge in [0.05, 0.1) is 6.54 Å². The second-order valence-corrected chi connectivity index (χ2v) is 5.71. The Morgan fingerprint density at radius 3 is 2.50 bits per heavy atom. The number of carbonyl (C=O) groups is 3. The van der Waals surface area contributed by atoms with E-state index in [-0.39, 0.29) is 19.0 Å². The third-order valence-electron chi connectivity index (χ3n) is 3.21. The first-order valence-electron chi connectivity index (χ1n) is 6.45. The van der Waals surface area contributed by atoms with E-state index in [0.29, 0.717) is 0 Å². The van der Waals surface area contributed by atoms with Crippen molar-refractivity contribution in [2.24, 2.45) is 0 Å². The molecule has 0 saturated carbocycles. The normalized spacial score (nSPS) is 14.9. The Morgan fingerprint density at radius 2 is 1.90 bits per heavy atom. The Bertz CT molecular complexity index is 423. The summed E-state index contributed by atoms with van der Waals surface area (Å²) in [5, 5.41) is 8.67. The average Bonchev–Trinajstić information content (AvgIpc) is 2.38. The molecule has 0 fully saturated rings. The molecule has 7 heteroatoms. The number of carboxylic acid groups (broad SMARTS) is 1. The van der Waals surface area contributed by atoms with Crippen molar-refractivity contribution in [3.05, 3.63) is 10.6 Å². The lowest BCUT2D eigenvalue weighted by atomic mass is 10.0. The van der Waals surface area contributed by atoms with Crippen LogP contribution in [0.3, 0.4) is 0 Å². The summed E-state index contributed by atoms with van der Waals surface area (Å²) >= 11 is 1.17. The van der Waals surface area contributed by atoms with Crippen LogP contribution in [0.1, 0.15) is 25.7 Å². The molecule has 1 aliphatic rings. The van der Waals surface area contributed by atoms with Crippen LogP contribution in [-0.4, -0.2) is 59.6 Å². The van der Waals surface area contributed by atoms with E-state index >= 15 is 0 Å². The van der Waals surface area contributed by atoms with E-state index in [1.54, 1.807) is 7.05 Å². The Labute approximate surface area is 122 Å². The molecule has 0 aliphatic heterocycles. The van der Waals surface area contributed by atoms with Gasteiger partial charge in [-0.2, -0.15) is 0 Å². The number of carbonyl (C=O) groups excluding carboxylic acids is 2. The van der Waals surface area contributed by atoms with Crippen molar-refractivity contribution in [2.45, 2.75) is 25.7 Å². The van der Waals surface area contributed by atoms with E-state index in [2.05, 4.69) is 0 Å². The van der Waals surface area contributed by atoms with Crippen LogP contribution in [0.25, 0.3) is 0 Å². The molecule has 1 aliphatic carbocycles. The number of likely N-dealkylation sites (N-methyl/N-ethyl adjacent to an activating group) is 2. The zero-order valence-electron chi connectivity index (χ0n) is 11.8. The smallest absolute Gasteiger partial charge is 0.323 e. The van der Waals surface area contributed by atoms with Gasteiger partial charge in [0, 0.05) is 24.7 Å². The molecule has 0 atom stereocenters. The Kier molecular flexibility index (Phi) is 6.57. The number of nitrogens with zero attached hydrogens (tertiary/aromatic N) is 2. The lowest BCUT2D eigenvalue weighted by molar-refractivity contribution is -0.143. The van der Waals surface area contributed by atoms with Crippen LogP contribution in [0, 0.1) is 0 Å². The summed E-state index contributed by atoms with van der Waals surface area (Å²) in [6.07, 6.45) is 3.81. The average molecular weight is 300 g/mol. The molecule has 0 radical (unpaired) electrons. The van der Waals surface area contributed by atoms with E-state index < -0.39 is 5.97 Å². The lowest BCUT2D eigenvalue weighted by Gasteiger charge is -2.29. The van der Waals surface area contributed by atoms with Gasteiger partial charge in [-0.05, 0) is 25.7 Å². The number of hydrogen-bond donors (Lipinski definition) is 1. The Balaban J connectivity index is 2.68. The highest BCUT2D eigenvalue weighted by molar-refractivity contribution is 8.15. The van der Waals surface area contributed by atoms with Gasteiger partial charge in [-0.15, -0.1) is 0 Å². The first-order valence-corrected chi connectivity index (χ1v) is 7.33. The van der Waals surface area contributed by atoms with Crippen LogP contribution in [0.2, 0.25) is 0 Å². The predicted octanol–water partition coefficient (Wildman–Crippen LogP) is 1.17. The van der Waals surface area contributed by atoms with Crippen LogP contribution in [0.4, 0.5) is 0 Å². The first kappa shape index (κ1) is 16.6. The molecule has 0 bridgehead atoms. The number of carboxylic acids is 1. The van der Waals surface area contributed by atoms with Gasteiger partial charge in [-0.1, -0.05) is 11.8 Å². The van der Waals surface area contributed by atoms with Crippen LogP contribution in [0.15, 0.2) is 10.6 Å². The monoisotopic (exact) mass is 300 g/mol. The number of aliphatic carboxylic acids is 1. The molecule has 1 amide bonds. The maximum atomic E-state index is 11.9. The van der Waals surface area contributed by atoms with E-state index in [4.69, 9.17) is 5.11 Å². The lowest BCUT2D eigenvalue weighted by Crippen LogP contribution is -2.39. The summed E-state index contributed by atoms with van der Waals surface area (Å²) in [5.74, 6) is -1.28. The van der Waals surface area contributed by atoms with Gasteiger partial charge in [0.1, 0.15) is 6.54 Å². The van der Waals surface area contributed by atoms with E-state index in [1.165, 1.54) is 23.7 Å². The molecule has 20 heavy (non-hydrogen) atoms. The number of hydrogen-bond acceptors (Lipinski definition) is 5. The van der Waals surface area contributed by atoms with Gasteiger partial charge in [0.25, 0.3) is 0 Å². The fourth-order valence-corrected chi connectivity index (χ4v) is 2.93. The second-order valence-electron chi connectivity index (χ2n) is 4.79. The summed E-state index contributed by atoms with van der Waals surface area (Å²) in [7, 11) is 3.28. The van der Waals surface area contributed by atoms with Crippen molar-refractivity contribution in [3.8, 4) is 0 Å². The number of allylic oxidation sites excluding steroid dienone is 2. The summed E-state index contributed by atoms with van der Waals surface area (Å²) in [6, 6.07) is 0. The molecule has 1 N–H and O–H groups in total. The highest BCUT2D eigenvalue weighted by Crippen LogP contribution is 2.32. The number of thioether (sulfide) groups is 1. The Morgan fingerprint density at radius 1 is 1.25 bits per heavy atom. The summed E-state index contributed by atoms with van der Waals surface area (Å²) in [5.41, 5.74) is 1.83. The van der Waals surface area contributed by atoms with Crippen molar-refractivity contribution in [1.29, 1.82) is 0 Å². The van der Waals surface area contributed by atoms with E-state index in [9.17, 15) is 14.4 Å². The fourth-order valence-electron chi connectivity index (χ4n) is 2.16. The molecular weight excluding hydrogens is 280 g/mol. The topological polar surface area (TPSA) is 77.9 Å². The molecule has 0 spiro atoms. The minimum absolute atomic E-state index is 0.127. The molecule has 1 rings (SSSR count). The van der Waals surface area contributed by atoms with Crippen LogP contribution >= 0.6 is 11.8 Å². The van der Waals surface area contributed by atoms with Gasteiger partial charge in [-0.3, -0.25) is 14.4 Å². The molecule has 6 nitrogen and oxygen atoms in total. The maximum Gasteiger partial charge on any atom is 0.323 e. The zero-order chi connectivity index (χ0) is 15.1. The zero-order valence-corrected chi connectivity index (χ0v) is 12.6. The molecule has 0 aromatic heterocycles. The number of amides is 1. The third-order valence-corrected chi connectivity index (χ3v) is 4.03. The van der Waals surface area contributed by atoms with Crippen molar-refractivity contribution >= 4 is 29.3 Å². The van der Waals surface area contributed by atoms with Gasteiger partial charge in [-0.25, -0.2) is 0 Å². The van der Waals surface area contributed by atoms with Gasteiger partial charge < -0.3 is 14.9 Å². The minimum Gasteiger partial charge on any atom is -0.480 e. The summed E-state index contributed by atoms with van der Waals surface area (Å²) in [6.45, 7) is -0.177. The van der Waals surface area contributed by atoms with Crippen LogP contribution in [0.5, 0.6) is 0 Å². The van der Waals surface area contributed by atoms with Crippen molar-refractivity contribution in [1.82, 2.24) is 9.80 Å². The quantitative estimate of drug-likeness (QED) is 0.711. The first-order chi connectivity index (χ1) is 9.45. The second kappa shape index (κ2) is 7.94. The van der Waals surface area contributed by atoms with Crippen LogP contribution in [-0.2, 0) is 14.4 Å². The standard InChI is InChI=1S/C13H20N2O4S/c1-14(7-12(17)15(2)8-13(18)19)10-5-3-4-6-11(10)20-9-16/h9H,3-8H2,1-2H3,(H,18,19). The van der Waals surface area contributed by atoms with E-state index in [0.717, 1.165) is 41.9 Å². The third kappa shape index (κ3) is 4.88. The maximum absolute atomic E-state index is 11.9. The van der Waals surface area contributed by atoms with Crippen molar-refractivity contribution in [3.63, 3.8) is 0 Å². The van der Waals surface area contributed by atoms with Crippen molar-refractivity contribution in [2.75, 3.05) is 27.2 Å². The molecule has 0 unspecified atom stereocenters.